The van der Waals surface area contributed by atoms with Crippen LogP contribution in [0.15, 0.2) is 18.2 Å². The van der Waals surface area contributed by atoms with Gasteiger partial charge in [0.2, 0.25) is 0 Å². The van der Waals surface area contributed by atoms with Crippen LogP contribution in [0.5, 0.6) is 0 Å². The number of carbonyl (C=O) groups is 1. The summed E-state index contributed by atoms with van der Waals surface area (Å²) in [6.45, 7) is 5.52. The average molecular weight is 280 g/mol. The Balaban J connectivity index is 2.87. The maximum absolute atomic E-state index is 12.1. The lowest BCUT2D eigenvalue weighted by Crippen LogP contribution is -2.39. The smallest absolute Gasteiger partial charge is 0.272 e. The van der Waals surface area contributed by atoms with E-state index in [1.807, 2.05) is 13.8 Å². The standard InChI is InChI=1S/C14H20N2O4/c1-9(2)12(6-7-17)15-14(18)11-4-5-13(16(19)20)10(3)8-11/h4-5,8-9,12,17H,6-7H2,1-3H3,(H,15,18). The van der Waals surface area contributed by atoms with Gasteiger partial charge in [-0.05, 0) is 31.4 Å². The molecular formula is C14H20N2O4. The fourth-order valence-electron chi connectivity index (χ4n) is 1.96. The second kappa shape index (κ2) is 7.00. The first kappa shape index (κ1) is 16.1. The summed E-state index contributed by atoms with van der Waals surface area (Å²) in [5.74, 6) is -0.0830. The van der Waals surface area contributed by atoms with Gasteiger partial charge in [-0.2, -0.15) is 0 Å². The fraction of sp³-hybridized carbons (Fsp3) is 0.500. The molecule has 6 heteroatoms. The predicted molar refractivity (Wildman–Crippen MR) is 75.6 cm³/mol. The Kier molecular flexibility index (Phi) is 5.64. The van der Waals surface area contributed by atoms with Crippen molar-refractivity contribution in [3.8, 4) is 0 Å². The molecule has 0 heterocycles. The molecule has 20 heavy (non-hydrogen) atoms. The van der Waals surface area contributed by atoms with Gasteiger partial charge in [-0.15, -0.1) is 0 Å². The van der Waals surface area contributed by atoms with Crippen molar-refractivity contribution in [3.63, 3.8) is 0 Å². The number of hydrogen-bond acceptors (Lipinski definition) is 4. The molecule has 0 aliphatic heterocycles. The number of amides is 1. The third-order valence-electron chi connectivity index (χ3n) is 3.22. The minimum Gasteiger partial charge on any atom is -0.396 e. The molecule has 110 valence electrons. The van der Waals surface area contributed by atoms with Crippen LogP contribution in [0.3, 0.4) is 0 Å². The Bertz CT molecular complexity index is 500. The molecule has 1 rings (SSSR count). The Morgan fingerprint density at radius 2 is 2.10 bits per heavy atom. The van der Waals surface area contributed by atoms with Crippen molar-refractivity contribution in [2.45, 2.75) is 33.2 Å². The molecule has 0 spiro atoms. The SMILES string of the molecule is Cc1cc(C(=O)NC(CCO)C(C)C)ccc1[N+](=O)[O-]. The van der Waals surface area contributed by atoms with Crippen LogP contribution in [0.2, 0.25) is 0 Å². The summed E-state index contributed by atoms with van der Waals surface area (Å²) in [5, 5.41) is 22.6. The molecule has 0 bridgehead atoms. The van der Waals surface area contributed by atoms with Gasteiger partial charge in [-0.3, -0.25) is 14.9 Å². The van der Waals surface area contributed by atoms with E-state index in [1.54, 1.807) is 6.92 Å². The lowest BCUT2D eigenvalue weighted by atomic mass is 10.0. The third-order valence-corrected chi connectivity index (χ3v) is 3.22. The van der Waals surface area contributed by atoms with E-state index in [1.165, 1.54) is 18.2 Å². The zero-order chi connectivity index (χ0) is 15.3. The normalized spacial score (nSPS) is 12.2. The van der Waals surface area contributed by atoms with Gasteiger partial charge >= 0.3 is 0 Å². The molecule has 1 unspecified atom stereocenters. The quantitative estimate of drug-likeness (QED) is 0.616. The van der Waals surface area contributed by atoms with Crippen molar-refractivity contribution in [3.05, 3.63) is 39.4 Å². The number of aryl methyl sites for hydroxylation is 1. The van der Waals surface area contributed by atoms with Crippen LogP contribution < -0.4 is 5.32 Å². The van der Waals surface area contributed by atoms with Crippen LogP contribution in [-0.4, -0.2) is 28.6 Å². The topological polar surface area (TPSA) is 92.5 Å². The summed E-state index contributed by atoms with van der Waals surface area (Å²) < 4.78 is 0. The van der Waals surface area contributed by atoms with Crippen molar-refractivity contribution < 1.29 is 14.8 Å². The van der Waals surface area contributed by atoms with Gasteiger partial charge in [0.1, 0.15) is 0 Å². The molecule has 0 aliphatic carbocycles. The first-order valence-electron chi connectivity index (χ1n) is 6.53. The molecule has 1 amide bonds. The maximum Gasteiger partial charge on any atom is 0.272 e. The second-order valence-electron chi connectivity index (χ2n) is 5.09. The Morgan fingerprint density at radius 1 is 1.45 bits per heavy atom. The van der Waals surface area contributed by atoms with Crippen LogP contribution in [0, 0.1) is 23.0 Å². The number of hydrogen-bond donors (Lipinski definition) is 2. The number of aliphatic hydroxyl groups excluding tert-OH is 1. The molecule has 0 aromatic heterocycles. The summed E-state index contributed by atoms with van der Waals surface area (Å²) >= 11 is 0. The van der Waals surface area contributed by atoms with Gasteiger partial charge in [0.25, 0.3) is 11.6 Å². The highest BCUT2D eigenvalue weighted by atomic mass is 16.6. The Labute approximate surface area is 118 Å². The van der Waals surface area contributed by atoms with Crippen molar-refractivity contribution >= 4 is 11.6 Å². The first-order chi connectivity index (χ1) is 9.36. The molecule has 0 saturated carbocycles. The van der Waals surface area contributed by atoms with Crippen molar-refractivity contribution in [2.24, 2.45) is 5.92 Å². The molecule has 2 N–H and O–H groups in total. The third kappa shape index (κ3) is 4.03. The monoisotopic (exact) mass is 280 g/mol. The van der Waals surface area contributed by atoms with Crippen molar-refractivity contribution in [1.82, 2.24) is 5.32 Å². The number of benzene rings is 1. The average Bonchev–Trinajstić information content (AvgIpc) is 2.37. The van der Waals surface area contributed by atoms with E-state index in [4.69, 9.17) is 5.11 Å². The summed E-state index contributed by atoms with van der Waals surface area (Å²) in [7, 11) is 0. The molecule has 0 aliphatic rings. The number of nitrogens with zero attached hydrogens (tertiary/aromatic N) is 1. The highest BCUT2D eigenvalue weighted by Crippen LogP contribution is 2.19. The van der Waals surface area contributed by atoms with Gasteiger partial charge in [0.15, 0.2) is 0 Å². The van der Waals surface area contributed by atoms with Crippen LogP contribution in [0.1, 0.15) is 36.2 Å². The van der Waals surface area contributed by atoms with Gasteiger partial charge < -0.3 is 10.4 Å². The summed E-state index contributed by atoms with van der Waals surface area (Å²) in [4.78, 5) is 22.4. The van der Waals surface area contributed by atoms with Gasteiger partial charge in [0.05, 0.1) is 4.92 Å². The molecule has 1 aromatic carbocycles. The number of aliphatic hydroxyl groups is 1. The first-order valence-corrected chi connectivity index (χ1v) is 6.53. The highest BCUT2D eigenvalue weighted by molar-refractivity contribution is 5.94. The minimum atomic E-state index is -0.473. The Hall–Kier alpha value is -1.95. The number of nitro benzene ring substituents is 1. The number of nitrogens with one attached hydrogen (secondary N) is 1. The molecule has 0 saturated heterocycles. The molecule has 6 nitrogen and oxygen atoms in total. The predicted octanol–water partition coefficient (Wildman–Crippen LogP) is 2.04. The number of nitro groups is 1. The van der Waals surface area contributed by atoms with Crippen molar-refractivity contribution in [2.75, 3.05) is 6.61 Å². The van der Waals surface area contributed by atoms with Gasteiger partial charge in [-0.1, -0.05) is 13.8 Å². The molecular weight excluding hydrogens is 260 g/mol. The molecule has 0 fully saturated rings. The van der Waals surface area contributed by atoms with E-state index >= 15 is 0 Å². The van der Waals surface area contributed by atoms with Crippen LogP contribution >= 0.6 is 0 Å². The van der Waals surface area contributed by atoms with Crippen molar-refractivity contribution in [1.29, 1.82) is 0 Å². The van der Waals surface area contributed by atoms with E-state index < -0.39 is 4.92 Å². The largest absolute Gasteiger partial charge is 0.396 e. The lowest BCUT2D eigenvalue weighted by Gasteiger charge is -2.21. The fourth-order valence-corrected chi connectivity index (χ4v) is 1.96. The zero-order valence-electron chi connectivity index (χ0n) is 11.9. The molecule has 1 aromatic rings. The lowest BCUT2D eigenvalue weighted by molar-refractivity contribution is -0.385. The Morgan fingerprint density at radius 3 is 2.55 bits per heavy atom. The van der Waals surface area contributed by atoms with Gasteiger partial charge in [0, 0.05) is 29.8 Å². The van der Waals surface area contributed by atoms with Crippen LogP contribution in [0.25, 0.3) is 0 Å². The second-order valence-corrected chi connectivity index (χ2v) is 5.09. The minimum absolute atomic E-state index is 0.00240. The molecule has 1 atom stereocenters. The zero-order valence-corrected chi connectivity index (χ0v) is 11.9. The van der Waals surface area contributed by atoms with E-state index in [0.717, 1.165) is 0 Å². The highest BCUT2D eigenvalue weighted by Gasteiger charge is 2.18. The summed E-state index contributed by atoms with van der Waals surface area (Å²) in [6.07, 6.45) is 0.482. The van der Waals surface area contributed by atoms with Gasteiger partial charge in [-0.25, -0.2) is 0 Å². The molecule has 0 radical (unpaired) electrons. The van der Waals surface area contributed by atoms with E-state index in [2.05, 4.69) is 5.32 Å². The summed E-state index contributed by atoms with van der Waals surface area (Å²) in [5.41, 5.74) is 0.833. The maximum atomic E-state index is 12.1. The van der Waals surface area contributed by atoms with E-state index in [-0.39, 0.29) is 30.2 Å². The van der Waals surface area contributed by atoms with E-state index in [9.17, 15) is 14.9 Å². The summed E-state index contributed by atoms with van der Waals surface area (Å²) in [6, 6.07) is 4.16. The van der Waals surface area contributed by atoms with Crippen LogP contribution in [0.4, 0.5) is 5.69 Å². The number of carbonyl (C=O) groups excluding carboxylic acids is 1. The van der Waals surface area contributed by atoms with Crippen LogP contribution in [-0.2, 0) is 0 Å². The number of rotatable bonds is 6. The van der Waals surface area contributed by atoms with E-state index in [0.29, 0.717) is 17.5 Å².